The number of hydrogen-bond donors (Lipinski definition) is 1. The summed E-state index contributed by atoms with van der Waals surface area (Å²) >= 11 is 0. The predicted molar refractivity (Wildman–Crippen MR) is 26.4 cm³/mol. The Kier molecular flexibility index (Phi) is 1.82. The molecule has 4 heteroatoms. The van der Waals surface area contributed by atoms with Crippen LogP contribution in [0.3, 0.4) is 0 Å². The molecule has 0 spiro atoms. The van der Waals surface area contributed by atoms with Crippen LogP contribution in [0, 0.1) is 0 Å². The molecule has 0 saturated carbocycles. The van der Waals surface area contributed by atoms with Crippen LogP contribution in [0.4, 0.5) is 0 Å². The molecule has 1 heterocycles. The molecule has 45 valence electrons. The molecule has 1 saturated heterocycles. The van der Waals surface area contributed by atoms with Crippen molar-refractivity contribution >= 4 is 6.47 Å². The van der Waals surface area contributed by atoms with Gasteiger partial charge in [-0.25, -0.2) is 4.79 Å². The largest absolute Gasteiger partial charge is 0.438 e. The summed E-state index contributed by atoms with van der Waals surface area (Å²) in [5, 5.41) is 4.49. The molecule has 1 radical (unpaired) electrons. The first-order valence-corrected chi connectivity index (χ1v) is 2.43. The molecule has 0 aromatic rings. The number of hydroxylamine groups is 2. The third-order valence-corrected chi connectivity index (χ3v) is 0.993. The van der Waals surface area contributed by atoms with E-state index in [1.165, 1.54) is 11.5 Å². The van der Waals surface area contributed by atoms with Crippen molar-refractivity contribution in [2.24, 2.45) is 0 Å². The second-order valence-electron chi connectivity index (χ2n) is 1.54. The topological polar surface area (TPSA) is 41.6 Å². The van der Waals surface area contributed by atoms with Gasteiger partial charge in [-0.1, -0.05) is 0 Å². The van der Waals surface area contributed by atoms with Crippen molar-refractivity contribution in [2.45, 2.75) is 0 Å². The van der Waals surface area contributed by atoms with Gasteiger partial charge in [0, 0.05) is 13.1 Å². The first kappa shape index (κ1) is 5.53. The highest BCUT2D eigenvalue weighted by Gasteiger charge is 2.10. The highest BCUT2D eigenvalue weighted by atomic mass is 16.7. The van der Waals surface area contributed by atoms with Gasteiger partial charge in [0.25, 0.3) is 0 Å². The number of nitrogens with one attached hydrogen (secondary N) is 1. The molecule has 0 aromatic carbocycles. The minimum Gasteiger partial charge on any atom is -0.358 e. The van der Waals surface area contributed by atoms with Crippen LogP contribution in [-0.2, 0) is 9.63 Å². The summed E-state index contributed by atoms with van der Waals surface area (Å²) in [7, 11) is 0. The lowest BCUT2D eigenvalue weighted by Crippen LogP contribution is -2.21. The summed E-state index contributed by atoms with van der Waals surface area (Å²) in [5.41, 5.74) is 0. The Morgan fingerprint density at radius 2 is 2.62 bits per heavy atom. The molecule has 0 bridgehead atoms. The molecule has 0 atom stereocenters. The fraction of sp³-hybridized carbons (Fsp3) is 0.750. The van der Waals surface area contributed by atoms with Gasteiger partial charge < -0.3 is 10.2 Å². The van der Waals surface area contributed by atoms with Crippen LogP contribution < -0.4 is 5.32 Å². The zero-order valence-corrected chi connectivity index (χ0v) is 4.39. The normalized spacial score (nSPS) is 21.0. The summed E-state index contributed by atoms with van der Waals surface area (Å²) in [4.78, 5) is 13.9. The van der Waals surface area contributed by atoms with Crippen molar-refractivity contribution in [1.29, 1.82) is 0 Å². The molecule has 1 aliphatic rings. The second-order valence-corrected chi connectivity index (χ2v) is 1.54. The van der Waals surface area contributed by atoms with Crippen molar-refractivity contribution in [3.63, 3.8) is 0 Å². The number of rotatable bonds is 2. The van der Waals surface area contributed by atoms with E-state index in [0.717, 1.165) is 13.1 Å². The van der Waals surface area contributed by atoms with Crippen molar-refractivity contribution in [3.8, 4) is 0 Å². The van der Waals surface area contributed by atoms with E-state index in [0.29, 0.717) is 6.67 Å². The Balaban J connectivity index is 2.14. The Morgan fingerprint density at radius 3 is 3.12 bits per heavy atom. The molecule has 0 amide bonds. The van der Waals surface area contributed by atoms with Crippen LogP contribution >= 0.6 is 0 Å². The molecular weight excluding hydrogens is 108 g/mol. The Morgan fingerprint density at radius 1 is 1.75 bits per heavy atom. The number of nitrogens with zero attached hydrogens (tertiary/aromatic N) is 1. The third-order valence-electron chi connectivity index (χ3n) is 0.993. The summed E-state index contributed by atoms with van der Waals surface area (Å²) in [6.07, 6.45) is 0. The van der Waals surface area contributed by atoms with Crippen LogP contribution in [0.1, 0.15) is 0 Å². The van der Waals surface area contributed by atoms with Crippen LogP contribution in [0.2, 0.25) is 0 Å². The fourth-order valence-corrected chi connectivity index (χ4v) is 0.617. The molecule has 0 aromatic heterocycles. The van der Waals surface area contributed by atoms with Gasteiger partial charge in [-0.2, -0.15) is 0 Å². The maximum absolute atomic E-state index is 9.54. The smallest absolute Gasteiger partial charge is 0.358 e. The van der Waals surface area contributed by atoms with Gasteiger partial charge in [-0.3, -0.25) is 0 Å². The van der Waals surface area contributed by atoms with Crippen LogP contribution in [0.15, 0.2) is 0 Å². The number of carbonyl (C=O) groups excluding carboxylic acids is 1. The van der Waals surface area contributed by atoms with E-state index >= 15 is 0 Å². The molecule has 1 fully saturated rings. The molecule has 1 aliphatic heterocycles. The lowest BCUT2D eigenvalue weighted by molar-refractivity contribution is -0.0529. The zero-order valence-electron chi connectivity index (χ0n) is 4.39. The minimum absolute atomic E-state index is 0.620. The van der Waals surface area contributed by atoms with E-state index in [2.05, 4.69) is 10.2 Å². The maximum Gasteiger partial charge on any atom is 0.438 e. The van der Waals surface area contributed by atoms with E-state index in [9.17, 15) is 4.79 Å². The standard InChI is InChI=1S/C4H7N2O2/c7-4-8-6-2-1-5-3-6/h5H,1-3H2. The van der Waals surface area contributed by atoms with Crippen molar-refractivity contribution < 1.29 is 9.63 Å². The van der Waals surface area contributed by atoms with E-state index in [-0.39, 0.29) is 0 Å². The molecular formula is C4H7N2O2. The quantitative estimate of drug-likeness (QED) is 0.493. The Bertz CT molecular complexity index is 80.1. The van der Waals surface area contributed by atoms with Gasteiger partial charge >= 0.3 is 6.47 Å². The first-order chi connectivity index (χ1) is 3.93. The van der Waals surface area contributed by atoms with E-state index in [1.807, 2.05) is 0 Å². The monoisotopic (exact) mass is 115 g/mol. The van der Waals surface area contributed by atoms with Gasteiger partial charge in [0.2, 0.25) is 0 Å². The summed E-state index contributed by atoms with van der Waals surface area (Å²) < 4.78 is 0. The van der Waals surface area contributed by atoms with Crippen molar-refractivity contribution in [1.82, 2.24) is 10.4 Å². The molecule has 8 heavy (non-hydrogen) atoms. The van der Waals surface area contributed by atoms with Crippen LogP contribution in [-0.4, -0.2) is 31.3 Å². The molecule has 0 unspecified atom stereocenters. The Hall–Kier alpha value is -0.610. The van der Waals surface area contributed by atoms with Crippen LogP contribution in [0.25, 0.3) is 0 Å². The van der Waals surface area contributed by atoms with Gasteiger partial charge in [0.1, 0.15) is 0 Å². The third kappa shape index (κ3) is 1.18. The average Bonchev–Trinajstić information content (AvgIpc) is 2.19. The maximum atomic E-state index is 9.54. The SMILES string of the molecule is O=[C]ON1CCNC1. The van der Waals surface area contributed by atoms with E-state index in [1.54, 1.807) is 0 Å². The summed E-state index contributed by atoms with van der Waals surface area (Å²) in [5.74, 6) is 0. The highest BCUT2D eigenvalue weighted by Crippen LogP contribution is 1.89. The van der Waals surface area contributed by atoms with Gasteiger partial charge in [0.05, 0.1) is 6.67 Å². The minimum atomic E-state index is 0.620. The fourth-order valence-electron chi connectivity index (χ4n) is 0.617. The van der Waals surface area contributed by atoms with E-state index < -0.39 is 0 Å². The van der Waals surface area contributed by atoms with Crippen LogP contribution in [0.5, 0.6) is 0 Å². The average molecular weight is 115 g/mol. The van der Waals surface area contributed by atoms with Crippen molar-refractivity contribution in [3.05, 3.63) is 0 Å². The lowest BCUT2D eigenvalue weighted by atomic mass is 10.7. The molecule has 0 aliphatic carbocycles. The first-order valence-electron chi connectivity index (χ1n) is 2.43. The summed E-state index contributed by atoms with van der Waals surface area (Å²) in [6, 6.07) is 0. The predicted octanol–water partition coefficient (Wildman–Crippen LogP) is -1.15. The van der Waals surface area contributed by atoms with Crippen molar-refractivity contribution in [2.75, 3.05) is 19.8 Å². The van der Waals surface area contributed by atoms with Gasteiger partial charge in [0.15, 0.2) is 0 Å². The summed E-state index contributed by atoms with van der Waals surface area (Å²) in [6.45, 7) is 3.60. The zero-order chi connectivity index (χ0) is 5.82. The highest BCUT2D eigenvalue weighted by molar-refractivity contribution is 5.37. The number of hydrogen-bond acceptors (Lipinski definition) is 4. The lowest BCUT2D eigenvalue weighted by Gasteiger charge is -2.05. The molecule has 1 rings (SSSR count). The molecule has 4 nitrogen and oxygen atoms in total. The van der Waals surface area contributed by atoms with Gasteiger partial charge in [-0.05, 0) is 0 Å². The second kappa shape index (κ2) is 2.64. The van der Waals surface area contributed by atoms with Gasteiger partial charge in [-0.15, -0.1) is 5.06 Å². The Labute approximate surface area is 47.4 Å². The molecule has 1 N–H and O–H groups in total. The van der Waals surface area contributed by atoms with E-state index in [4.69, 9.17) is 0 Å².